The molecule has 0 unspecified atom stereocenters. The number of carbonyl (C=O) groups excluding carboxylic acids is 2. The number of pyridine rings is 2. The Kier molecular flexibility index (Phi) is 5.73. The summed E-state index contributed by atoms with van der Waals surface area (Å²) < 4.78 is 5.13. The molecule has 3 rings (SSSR count). The lowest BCUT2D eigenvalue weighted by Crippen LogP contribution is -2.24. The third-order valence-corrected chi connectivity index (χ3v) is 3.74. The Labute approximate surface area is 156 Å². The second kappa shape index (κ2) is 8.57. The van der Waals surface area contributed by atoms with Crippen LogP contribution in [0.25, 0.3) is 0 Å². The van der Waals surface area contributed by atoms with E-state index in [4.69, 9.17) is 4.74 Å². The summed E-state index contributed by atoms with van der Waals surface area (Å²) in [7, 11) is 1.55. The van der Waals surface area contributed by atoms with Crippen molar-refractivity contribution >= 4 is 17.5 Å². The molecule has 2 amide bonds. The molecule has 0 radical (unpaired) electrons. The Balaban J connectivity index is 1.66. The van der Waals surface area contributed by atoms with E-state index in [0.717, 1.165) is 5.69 Å². The fourth-order valence-corrected chi connectivity index (χ4v) is 2.37. The maximum Gasteiger partial charge on any atom is 0.274 e. The zero-order valence-electron chi connectivity index (χ0n) is 14.7. The molecule has 2 N–H and O–H groups in total. The summed E-state index contributed by atoms with van der Waals surface area (Å²) in [6.45, 7) is 0.299. The fourth-order valence-electron chi connectivity index (χ4n) is 2.37. The molecule has 0 saturated heterocycles. The number of carbonyl (C=O) groups is 2. The summed E-state index contributed by atoms with van der Waals surface area (Å²) >= 11 is 0. The predicted molar refractivity (Wildman–Crippen MR) is 101 cm³/mol. The highest BCUT2D eigenvalue weighted by molar-refractivity contribution is 6.04. The van der Waals surface area contributed by atoms with Gasteiger partial charge < -0.3 is 15.4 Å². The van der Waals surface area contributed by atoms with Gasteiger partial charge in [-0.25, -0.2) is 0 Å². The van der Waals surface area contributed by atoms with Gasteiger partial charge in [-0.2, -0.15) is 0 Å². The topological polar surface area (TPSA) is 93.2 Å². The van der Waals surface area contributed by atoms with Gasteiger partial charge >= 0.3 is 0 Å². The van der Waals surface area contributed by atoms with E-state index in [2.05, 4.69) is 20.6 Å². The minimum absolute atomic E-state index is 0.142. The SMILES string of the molecule is COc1cccc(NC(=O)c2cc(C(=O)NCc3ccccn3)ccn2)c1. The number of benzene rings is 1. The van der Waals surface area contributed by atoms with Crippen LogP contribution in [0.2, 0.25) is 0 Å². The molecule has 0 aliphatic rings. The zero-order chi connectivity index (χ0) is 19.1. The molecule has 0 bridgehead atoms. The molecule has 1 aromatic carbocycles. The van der Waals surface area contributed by atoms with Crippen LogP contribution in [0.5, 0.6) is 5.75 Å². The lowest BCUT2D eigenvalue weighted by Gasteiger charge is -2.08. The number of ether oxygens (including phenoxy) is 1. The molecule has 0 atom stereocenters. The van der Waals surface area contributed by atoms with Crippen molar-refractivity contribution in [1.82, 2.24) is 15.3 Å². The van der Waals surface area contributed by atoms with Gasteiger partial charge in [0, 0.05) is 29.7 Å². The van der Waals surface area contributed by atoms with Gasteiger partial charge in [0.05, 0.1) is 19.3 Å². The number of hydrogen-bond acceptors (Lipinski definition) is 5. The van der Waals surface area contributed by atoms with Gasteiger partial charge in [-0.15, -0.1) is 0 Å². The van der Waals surface area contributed by atoms with E-state index in [0.29, 0.717) is 23.5 Å². The van der Waals surface area contributed by atoms with Gasteiger partial charge in [-0.1, -0.05) is 12.1 Å². The van der Waals surface area contributed by atoms with Crippen LogP contribution >= 0.6 is 0 Å². The van der Waals surface area contributed by atoms with Crippen LogP contribution in [0.4, 0.5) is 5.69 Å². The molecule has 0 spiro atoms. The van der Waals surface area contributed by atoms with E-state index in [1.807, 2.05) is 12.1 Å². The number of nitrogens with one attached hydrogen (secondary N) is 2. The Morgan fingerprint density at radius 3 is 2.63 bits per heavy atom. The minimum atomic E-state index is -0.414. The number of amides is 2. The first kappa shape index (κ1) is 18.1. The molecule has 0 fully saturated rings. The van der Waals surface area contributed by atoms with Crippen LogP contribution in [0, 0.1) is 0 Å². The maximum atomic E-state index is 12.4. The monoisotopic (exact) mass is 362 g/mol. The van der Waals surface area contributed by atoms with Gasteiger partial charge in [-0.3, -0.25) is 19.6 Å². The van der Waals surface area contributed by atoms with Crippen molar-refractivity contribution < 1.29 is 14.3 Å². The summed E-state index contributed by atoms with van der Waals surface area (Å²) in [5.74, 6) is -0.0930. The molecular weight excluding hydrogens is 344 g/mol. The molecule has 0 aliphatic carbocycles. The molecule has 27 heavy (non-hydrogen) atoms. The number of nitrogens with zero attached hydrogens (tertiary/aromatic N) is 2. The molecule has 3 aromatic rings. The van der Waals surface area contributed by atoms with Gasteiger partial charge in [0.1, 0.15) is 11.4 Å². The Hall–Kier alpha value is -3.74. The van der Waals surface area contributed by atoms with E-state index in [1.54, 1.807) is 49.7 Å². The largest absolute Gasteiger partial charge is 0.497 e. The van der Waals surface area contributed by atoms with Crippen molar-refractivity contribution in [1.29, 1.82) is 0 Å². The first-order valence-electron chi connectivity index (χ1n) is 8.25. The van der Waals surface area contributed by atoms with Crippen molar-refractivity contribution in [3.63, 3.8) is 0 Å². The predicted octanol–water partition coefficient (Wildman–Crippen LogP) is 2.67. The molecule has 0 saturated carbocycles. The van der Waals surface area contributed by atoms with E-state index >= 15 is 0 Å². The van der Waals surface area contributed by atoms with Crippen LogP contribution in [0.3, 0.4) is 0 Å². The second-order valence-electron chi connectivity index (χ2n) is 5.62. The molecule has 0 aliphatic heterocycles. The number of hydrogen-bond donors (Lipinski definition) is 2. The lowest BCUT2D eigenvalue weighted by atomic mass is 10.2. The minimum Gasteiger partial charge on any atom is -0.497 e. The maximum absolute atomic E-state index is 12.4. The smallest absolute Gasteiger partial charge is 0.274 e. The molecular formula is C20H18N4O3. The van der Waals surface area contributed by atoms with Crippen molar-refractivity contribution in [2.45, 2.75) is 6.54 Å². The van der Waals surface area contributed by atoms with Gasteiger partial charge in [-0.05, 0) is 36.4 Å². The normalized spacial score (nSPS) is 10.1. The average Bonchev–Trinajstić information content (AvgIpc) is 2.73. The van der Waals surface area contributed by atoms with E-state index in [-0.39, 0.29) is 11.6 Å². The summed E-state index contributed by atoms with van der Waals surface area (Å²) in [6.07, 6.45) is 3.09. The number of methoxy groups -OCH3 is 1. The lowest BCUT2D eigenvalue weighted by molar-refractivity contribution is 0.0950. The Morgan fingerprint density at radius 1 is 0.963 bits per heavy atom. The highest BCUT2D eigenvalue weighted by Gasteiger charge is 2.12. The van der Waals surface area contributed by atoms with Crippen LogP contribution in [-0.4, -0.2) is 28.9 Å². The van der Waals surface area contributed by atoms with E-state index in [1.165, 1.54) is 12.3 Å². The van der Waals surface area contributed by atoms with Crippen LogP contribution in [0.1, 0.15) is 26.5 Å². The highest BCUT2D eigenvalue weighted by Crippen LogP contribution is 2.17. The average molecular weight is 362 g/mol. The molecule has 7 heteroatoms. The first-order valence-corrected chi connectivity index (χ1v) is 8.25. The summed E-state index contributed by atoms with van der Waals surface area (Å²) in [5, 5.41) is 5.50. The third-order valence-electron chi connectivity index (χ3n) is 3.74. The summed E-state index contributed by atoms with van der Waals surface area (Å²) in [5.41, 5.74) is 1.81. The molecule has 2 aromatic heterocycles. The highest BCUT2D eigenvalue weighted by atomic mass is 16.5. The fraction of sp³-hybridized carbons (Fsp3) is 0.100. The third kappa shape index (κ3) is 4.88. The summed E-state index contributed by atoms with van der Waals surface area (Å²) in [6, 6.07) is 15.5. The number of aromatic nitrogens is 2. The van der Waals surface area contributed by atoms with Crippen molar-refractivity contribution in [2.24, 2.45) is 0 Å². The van der Waals surface area contributed by atoms with Crippen LogP contribution in [-0.2, 0) is 6.54 Å². The number of anilines is 1. The van der Waals surface area contributed by atoms with E-state index < -0.39 is 5.91 Å². The van der Waals surface area contributed by atoms with Crippen molar-refractivity contribution in [3.8, 4) is 5.75 Å². The number of rotatable bonds is 6. The molecule has 136 valence electrons. The van der Waals surface area contributed by atoms with Gasteiger partial charge in [0.2, 0.25) is 0 Å². The van der Waals surface area contributed by atoms with E-state index in [9.17, 15) is 9.59 Å². The first-order chi connectivity index (χ1) is 13.2. The quantitative estimate of drug-likeness (QED) is 0.703. The standard InChI is InChI=1S/C20H18N4O3/c1-27-17-7-4-6-15(12-17)24-20(26)18-11-14(8-10-22-18)19(25)23-13-16-5-2-3-9-21-16/h2-12H,13H2,1H3,(H,23,25)(H,24,26). The summed E-state index contributed by atoms with van der Waals surface area (Å²) in [4.78, 5) is 32.9. The zero-order valence-corrected chi connectivity index (χ0v) is 14.7. The van der Waals surface area contributed by atoms with Crippen LogP contribution < -0.4 is 15.4 Å². The van der Waals surface area contributed by atoms with Gasteiger partial charge in [0.25, 0.3) is 11.8 Å². The van der Waals surface area contributed by atoms with Crippen molar-refractivity contribution in [3.05, 3.63) is 83.9 Å². The Morgan fingerprint density at radius 2 is 1.85 bits per heavy atom. The van der Waals surface area contributed by atoms with Crippen molar-refractivity contribution in [2.75, 3.05) is 12.4 Å². The van der Waals surface area contributed by atoms with Crippen LogP contribution in [0.15, 0.2) is 67.0 Å². The Bertz CT molecular complexity index is 945. The molecule has 7 nitrogen and oxygen atoms in total. The second-order valence-corrected chi connectivity index (χ2v) is 5.62. The van der Waals surface area contributed by atoms with Gasteiger partial charge in [0.15, 0.2) is 0 Å². The molecule has 2 heterocycles.